The molecule has 0 aliphatic rings. The predicted octanol–water partition coefficient (Wildman–Crippen LogP) is 2.36. The molecule has 3 aromatic rings. The monoisotopic (exact) mass is 267 g/mol. The zero-order valence-corrected chi connectivity index (χ0v) is 10.9. The average Bonchev–Trinajstić information content (AvgIpc) is 2.82. The molecule has 0 spiro atoms. The van der Waals surface area contributed by atoms with Crippen LogP contribution in [0.5, 0.6) is 0 Å². The van der Waals surface area contributed by atoms with Crippen LogP contribution in [-0.2, 0) is 11.2 Å². The average molecular weight is 267 g/mol. The Labute approximate surface area is 115 Å². The summed E-state index contributed by atoms with van der Waals surface area (Å²) >= 11 is 0. The van der Waals surface area contributed by atoms with Crippen LogP contribution < -0.4 is 0 Å². The molecule has 100 valence electrons. The lowest BCUT2D eigenvalue weighted by atomic mass is 10.2. The molecule has 0 aliphatic heterocycles. The summed E-state index contributed by atoms with van der Waals surface area (Å²) in [5.41, 5.74) is 4.51. The zero-order chi connectivity index (χ0) is 14.1. The second-order valence-corrected chi connectivity index (χ2v) is 4.68. The Balaban J connectivity index is 2.00. The SMILES string of the molecule is Cc1ccc2c(c1)ncn2-c1ccc(CC(=O)O)nc1. The van der Waals surface area contributed by atoms with E-state index in [-0.39, 0.29) is 6.42 Å². The quantitative estimate of drug-likeness (QED) is 0.791. The number of nitrogens with zero attached hydrogens (tertiary/aromatic N) is 3. The highest BCUT2D eigenvalue weighted by Crippen LogP contribution is 2.18. The summed E-state index contributed by atoms with van der Waals surface area (Å²) < 4.78 is 1.94. The number of pyridine rings is 1. The highest BCUT2D eigenvalue weighted by atomic mass is 16.4. The maximum absolute atomic E-state index is 10.6. The fourth-order valence-corrected chi connectivity index (χ4v) is 2.15. The molecule has 1 N–H and O–H groups in total. The Morgan fingerprint density at radius 3 is 2.80 bits per heavy atom. The summed E-state index contributed by atoms with van der Waals surface area (Å²) in [7, 11) is 0. The lowest BCUT2D eigenvalue weighted by molar-refractivity contribution is -0.136. The standard InChI is InChI=1S/C15H13N3O2/c1-10-2-5-14-13(6-10)17-9-18(14)12-4-3-11(16-8-12)7-15(19)20/h2-6,8-9H,7H2,1H3,(H,19,20). The van der Waals surface area contributed by atoms with Crippen molar-refractivity contribution in [3.8, 4) is 5.69 Å². The fourth-order valence-electron chi connectivity index (χ4n) is 2.15. The summed E-state index contributed by atoms with van der Waals surface area (Å²) in [5.74, 6) is -0.881. The molecule has 20 heavy (non-hydrogen) atoms. The van der Waals surface area contributed by atoms with Crippen molar-refractivity contribution < 1.29 is 9.90 Å². The molecule has 1 aromatic carbocycles. The molecule has 0 radical (unpaired) electrons. The van der Waals surface area contributed by atoms with Gasteiger partial charge in [-0.2, -0.15) is 0 Å². The molecule has 0 fully saturated rings. The summed E-state index contributed by atoms with van der Waals surface area (Å²) in [6.07, 6.45) is 3.35. The van der Waals surface area contributed by atoms with Crippen LogP contribution in [0.25, 0.3) is 16.7 Å². The number of carboxylic acid groups (broad SMARTS) is 1. The first kappa shape index (κ1) is 12.3. The molecule has 2 heterocycles. The van der Waals surface area contributed by atoms with Crippen LogP contribution in [-0.4, -0.2) is 25.6 Å². The maximum atomic E-state index is 10.6. The number of carboxylic acids is 1. The van der Waals surface area contributed by atoms with Crippen molar-refractivity contribution in [3.63, 3.8) is 0 Å². The Kier molecular flexibility index (Phi) is 2.95. The number of imidazole rings is 1. The van der Waals surface area contributed by atoms with E-state index < -0.39 is 5.97 Å². The molecule has 0 atom stereocenters. The van der Waals surface area contributed by atoms with Gasteiger partial charge in [0.05, 0.1) is 35.0 Å². The van der Waals surface area contributed by atoms with Crippen LogP contribution in [0.3, 0.4) is 0 Å². The third kappa shape index (κ3) is 2.25. The summed E-state index contributed by atoms with van der Waals surface area (Å²) in [6.45, 7) is 2.03. The van der Waals surface area contributed by atoms with Crippen LogP contribution in [0.15, 0.2) is 42.9 Å². The molecule has 0 bridgehead atoms. The summed E-state index contributed by atoms with van der Waals surface area (Å²) in [4.78, 5) is 19.2. The van der Waals surface area contributed by atoms with Gasteiger partial charge in [0.2, 0.25) is 0 Å². The predicted molar refractivity (Wildman–Crippen MR) is 74.9 cm³/mol. The van der Waals surface area contributed by atoms with Crippen molar-refractivity contribution in [3.05, 3.63) is 54.1 Å². The Hall–Kier alpha value is -2.69. The van der Waals surface area contributed by atoms with Gasteiger partial charge in [-0.1, -0.05) is 6.07 Å². The second-order valence-electron chi connectivity index (χ2n) is 4.68. The number of fused-ring (bicyclic) bond motifs is 1. The van der Waals surface area contributed by atoms with Gasteiger partial charge in [0, 0.05) is 0 Å². The molecular weight excluding hydrogens is 254 g/mol. The molecule has 0 amide bonds. The smallest absolute Gasteiger partial charge is 0.309 e. The van der Waals surface area contributed by atoms with Gasteiger partial charge in [0.25, 0.3) is 0 Å². The number of hydrogen-bond acceptors (Lipinski definition) is 3. The van der Waals surface area contributed by atoms with Crippen LogP contribution in [0.2, 0.25) is 0 Å². The molecule has 5 heteroatoms. The highest BCUT2D eigenvalue weighted by molar-refractivity contribution is 5.78. The minimum atomic E-state index is -0.881. The number of benzene rings is 1. The first-order valence-electron chi connectivity index (χ1n) is 6.24. The maximum Gasteiger partial charge on any atom is 0.309 e. The van der Waals surface area contributed by atoms with E-state index in [1.165, 1.54) is 0 Å². The van der Waals surface area contributed by atoms with Crippen molar-refractivity contribution >= 4 is 17.0 Å². The van der Waals surface area contributed by atoms with Gasteiger partial charge in [0.15, 0.2) is 0 Å². The van der Waals surface area contributed by atoms with Gasteiger partial charge >= 0.3 is 5.97 Å². The minimum Gasteiger partial charge on any atom is -0.481 e. The Bertz CT molecular complexity index is 775. The zero-order valence-electron chi connectivity index (χ0n) is 10.9. The molecule has 2 aromatic heterocycles. The lowest BCUT2D eigenvalue weighted by Crippen LogP contribution is -2.03. The van der Waals surface area contributed by atoms with Crippen molar-refractivity contribution in [1.82, 2.24) is 14.5 Å². The topological polar surface area (TPSA) is 68.0 Å². The third-order valence-corrected chi connectivity index (χ3v) is 3.12. The third-order valence-electron chi connectivity index (χ3n) is 3.12. The first-order chi connectivity index (χ1) is 9.63. The van der Waals surface area contributed by atoms with E-state index in [0.717, 1.165) is 22.3 Å². The van der Waals surface area contributed by atoms with Crippen LogP contribution in [0.1, 0.15) is 11.3 Å². The number of carbonyl (C=O) groups is 1. The summed E-state index contributed by atoms with van der Waals surface area (Å²) in [5, 5.41) is 8.73. The largest absolute Gasteiger partial charge is 0.481 e. The lowest BCUT2D eigenvalue weighted by Gasteiger charge is -2.05. The van der Waals surface area contributed by atoms with E-state index >= 15 is 0 Å². The van der Waals surface area contributed by atoms with Crippen molar-refractivity contribution in [2.75, 3.05) is 0 Å². The minimum absolute atomic E-state index is 0.0653. The van der Waals surface area contributed by atoms with Gasteiger partial charge < -0.3 is 5.11 Å². The van der Waals surface area contributed by atoms with E-state index in [9.17, 15) is 4.79 Å². The van der Waals surface area contributed by atoms with E-state index in [1.54, 1.807) is 18.6 Å². The van der Waals surface area contributed by atoms with Crippen LogP contribution in [0, 0.1) is 6.92 Å². The number of aromatic nitrogens is 3. The normalized spacial score (nSPS) is 10.8. The number of hydrogen-bond donors (Lipinski definition) is 1. The van der Waals surface area contributed by atoms with Crippen molar-refractivity contribution in [2.45, 2.75) is 13.3 Å². The fraction of sp³-hybridized carbons (Fsp3) is 0.133. The summed E-state index contributed by atoms with van der Waals surface area (Å²) in [6, 6.07) is 9.66. The van der Waals surface area contributed by atoms with Gasteiger partial charge in [0.1, 0.15) is 6.33 Å². The van der Waals surface area contributed by atoms with Crippen LogP contribution in [0.4, 0.5) is 0 Å². The van der Waals surface area contributed by atoms with E-state index in [0.29, 0.717) is 5.69 Å². The van der Waals surface area contributed by atoms with Crippen molar-refractivity contribution in [2.24, 2.45) is 0 Å². The second kappa shape index (κ2) is 4.77. The van der Waals surface area contributed by atoms with Gasteiger partial charge in [-0.3, -0.25) is 14.3 Å². The van der Waals surface area contributed by atoms with Crippen molar-refractivity contribution in [1.29, 1.82) is 0 Å². The van der Waals surface area contributed by atoms with E-state index in [4.69, 9.17) is 5.11 Å². The molecule has 0 saturated carbocycles. The van der Waals surface area contributed by atoms with E-state index in [1.807, 2.05) is 35.8 Å². The van der Waals surface area contributed by atoms with E-state index in [2.05, 4.69) is 9.97 Å². The molecule has 0 unspecified atom stereocenters. The molecule has 0 aliphatic carbocycles. The van der Waals surface area contributed by atoms with Gasteiger partial charge in [-0.05, 0) is 36.8 Å². The van der Waals surface area contributed by atoms with Gasteiger partial charge in [-0.25, -0.2) is 4.98 Å². The van der Waals surface area contributed by atoms with Gasteiger partial charge in [-0.15, -0.1) is 0 Å². The number of rotatable bonds is 3. The molecular formula is C15H13N3O2. The number of aryl methyl sites for hydroxylation is 1. The Morgan fingerprint density at radius 1 is 1.25 bits per heavy atom. The number of aliphatic carboxylic acids is 1. The molecule has 3 rings (SSSR count). The Morgan fingerprint density at radius 2 is 2.10 bits per heavy atom. The first-order valence-corrected chi connectivity index (χ1v) is 6.24. The molecule has 0 saturated heterocycles. The van der Waals surface area contributed by atoms with Crippen LogP contribution >= 0.6 is 0 Å². The molecule has 5 nitrogen and oxygen atoms in total. The highest BCUT2D eigenvalue weighted by Gasteiger charge is 2.06.